The fourth-order valence-corrected chi connectivity index (χ4v) is 3.81. The summed E-state index contributed by atoms with van der Waals surface area (Å²) in [5.41, 5.74) is 0.830. The van der Waals surface area contributed by atoms with Crippen molar-refractivity contribution in [3.8, 4) is 0 Å². The fraction of sp³-hybridized carbons (Fsp3) is 0.111. The molecule has 84 valence electrons. The number of hydrogen-bond donors (Lipinski definition) is 2. The first-order valence-corrected chi connectivity index (χ1v) is 7.20. The Hall–Kier alpha value is -1.39. The van der Waals surface area contributed by atoms with Crippen LogP contribution in [0.4, 0.5) is 0 Å². The molecule has 1 aliphatic heterocycles. The molecule has 1 heterocycles. The second-order valence-corrected chi connectivity index (χ2v) is 6.24. The zero-order valence-corrected chi connectivity index (χ0v) is 10.0. The summed E-state index contributed by atoms with van der Waals surface area (Å²) in [5, 5.41) is 0. The number of nitrogens with one attached hydrogen (secondary N) is 1. The second kappa shape index (κ2) is 4.23. The molecule has 1 atom stereocenters. The molecular formula is C9H8NO4PS. The number of rotatable bonds is 2. The van der Waals surface area contributed by atoms with Crippen LogP contribution in [0, 0.1) is 0 Å². The van der Waals surface area contributed by atoms with Crippen molar-refractivity contribution < 1.29 is 18.9 Å². The first-order chi connectivity index (χ1) is 7.67. The Morgan fingerprint density at radius 3 is 2.88 bits per heavy atom. The summed E-state index contributed by atoms with van der Waals surface area (Å²) in [7, 11) is -0.0877. The first-order valence-electron chi connectivity index (χ1n) is 4.34. The van der Waals surface area contributed by atoms with Gasteiger partial charge in [0.05, 0.1) is 18.2 Å². The highest BCUT2D eigenvalue weighted by Gasteiger charge is 2.27. The highest BCUT2D eigenvalue weighted by molar-refractivity contribution is 8.57. The van der Waals surface area contributed by atoms with Crippen LogP contribution in [0.5, 0.6) is 0 Å². The molecule has 16 heavy (non-hydrogen) atoms. The first kappa shape index (κ1) is 11.1. The summed E-state index contributed by atoms with van der Waals surface area (Å²) in [4.78, 5) is 23.3. The summed E-state index contributed by atoms with van der Waals surface area (Å²) in [6.45, 7) is 0. The van der Waals surface area contributed by atoms with Gasteiger partial charge in [-0.1, -0.05) is 10.7 Å². The molecule has 0 aromatic heterocycles. The lowest BCUT2D eigenvalue weighted by atomic mass is 10.1. The third-order valence-corrected chi connectivity index (χ3v) is 5.02. The molecule has 1 aromatic rings. The van der Waals surface area contributed by atoms with Crippen LogP contribution in [-0.4, -0.2) is 19.0 Å². The molecule has 1 N–H and O–H groups in total. The molecule has 0 saturated carbocycles. The van der Waals surface area contributed by atoms with Gasteiger partial charge < -0.3 is 9.46 Å². The maximum Gasteiger partial charge on any atom is 0.337 e. The quantitative estimate of drug-likeness (QED) is 0.480. The zero-order chi connectivity index (χ0) is 11.7. The number of fused-ring (bicyclic) bond motifs is 1. The summed E-state index contributed by atoms with van der Waals surface area (Å²) in [6, 6.07) is 4.62. The highest BCUT2D eigenvalue weighted by atomic mass is 32.7. The molecule has 0 saturated heterocycles. The number of hydrogen-bond acceptors (Lipinski definition) is 4. The summed E-state index contributed by atoms with van der Waals surface area (Å²) in [6.07, 6.45) is 0. The van der Waals surface area contributed by atoms with Gasteiger partial charge in [0.1, 0.15) is 0 Å². The molecule has 2 rings (SSSR count). The average molecular weight is 257 g/mol. The van der Waals surface area contributed by atoms with Gasteiger partial charge in [0.2, 0.25) is 7.66 Å². The van der Waals surface area contributed by atoms with E-state index in [0.717, 1.165) is 0 Å². The van der Waals surface area contributed by atoms with Crippen LogP contribution in [0.25, 0.3) is 0 Å². The van der Waals surface area contributed by atoms with Gasteiger partial charge in [-0.25, -0.2) is 4.79 Å². The van der Waals surface area contributed by atoms with Crippen molar-refractivity contribution in [2.45, 2.75) is 4.90 Å². The summed E-state index contributed by atoms with van der Waals surface area (Å²) >= 11 is 0. The van der Waals surface area contributed by atoms with Gasteiger partial charge in [-0.2, -0.15) is 0 Å². The number of ether oxygens (including phenoxy) is 1. The third-order valence-electron chi connectivity index (χ3n) is 2.18. The van der Waals surface area contributed by atoms with E-state index in [-0.39, 0.29) is 13.6 Å². The Kier molecular flexibility index (Phi) is 2.94. The zero-order valence-electron chi connectivity index (χ0n) is 8.26. The third kappa shape index (κ3) is 1.70. The number of benzene rings is 1. The SMILES string of the molecule is COC(=O)c1ccc2c(c1)[SH](P=O)NC2=O. The fourth-order valence-electron chi connectivity index (χ4n) is 1.42. The van der Waals surface area contributed by atoms with E-state index in [0.29, 0.717) is 16.0 Å². The van der Waals surface area contributed by atoms with E-state index in [1.165, 1.54) is 13.2 Å². The number of thiol groups is 1. The molecule has 5 nitrogen and oxygen atoms in total. The molecule has 7 heteroatoms. The van der Waals surface area contributed by atoms with Crippen LogP contribution < -0.4 is 4.72 Å². The molecule has 1 aliphatic rings. The van der Waals surface area contributed by atoms with E-state index in [4.69, 9.17) is 0 Å². The van der Waals surface area contributed by atoms with Gasteiger partial charge in [-0.05, 0) is 18.2 Å². The Balaban J connectivity index is 2.49. The van der Waals surface area contributed by atoms with Gasteiger partial charge in [-0.15, -0.1) is 0 Å². The van der Waals surface area contributed by atoms with Crippen LogP contribution in [0.1, 0.15) is 20.7 Å². The van der Waals surface area contributed by atoms with Gasteiger partial charge in [-0.3, -0.25) is 9.36 Å². The van der Waals surface area contributed by atoms with Crippen molar-refractivity contribution in [2.75, 3.05) is 7.11 Å². The van der Waals surface area contributed by atoms with Gasteiger partial charge >= 0.3 is 5.97 Å². The predicted molar refractivity (Wildman–Crippen MR) is 60.1 cm³/mol. The maximum absolute atomic E-state index is 11.4. The minimum atomic E-state index is -1.23. The van der Waals surface area contributed by atoms with E-state index >= 15 is 0 Å². The molecule has 1 amide bonds. The van der Waals surface area contributed by atoms with Gasteiger partial charge in [0.25, 0.3) is 5.91 Å². The molecule has 0 bridgehead atoms. The summed E-state index contributed by atoms with van der Waals surface area (Å²) < 4.78 is 18.0. The van der Waals surface area contributed by atoms with Crippen molar-refractivity contribution >= 4 is 30.2 Å². The van der Waals surface area contributed by atoms with E-state index in [1.807, 2.05) is 0 Å². The minimum Gasteiger partial charge on any atom is -0.465 e. The smallest absolute Gasteiger partial charge is 0.337 e. The number of methoxy groups -OCH3 is 1. The molecule has 1 aromatic carbocycles. The predicted octanol–water partition coefficient (Wildman–Crippen LogP) is 1.70. The molecule has 1 unspecified atom stereocenters. The van der Waals surface area contributed by atoms with Crippen molar-refractivity contribution in [3.05, 3.63) is 29.3 Å². The number of carbonyl (C=O) groups excluding carboxylic acids is 2. The topological polar surface area (TPSA) is 72.5 Å². The maximum atomic E-state index is 11.4. The lowest BCUT2D eigenvalue weighted by Crippen LogP contribution is -2.09. The number of carbonyl (C=O) groups is 2. The molecule has 0 radical (unpaired) electrons. The van der Waals surface area contributed by atoms with Crippen LogP contribution in [0.3, 0.4) is 0 Å². The molecule has 0 aliphatic carbocycles. The van der Waals surface area contributed by atoms with Crippen LogP contribution in [0.2, 0.25) is 0 Å². The molecule has 0 fully saturated rings. The van der Waals surface area contributed by atoms with Gasteiger partial charge in [0.15, 0.2) is 0 Å². The van der Waals surface area contributed by atoms with Gasteiger partial charge in [0, 0.05) is 4.90 Å². The van der Waals surface area contributed by atoms with E-state index < -0.39 is 16.7 Å². The normalized spacial score (nSPS) is 20.3. The Morgan fingerprint density at radius 1 is 1.50 bits per heavy atom. The molecular weight excluding hydrogens is 249 g/mol. The Bertz CT molecular complexity index is 490. The van der Waals surface area contributed by atoms with Crippen molar-refractivity contribution in [3.63, 3.8) is 0 Å². The van der Waals surface area contributed by atoms with Crippen molar-refractivity contribution in [1.29, 1.82) is 0 Å². The highest BCUT2D eigenvalue weighted by Crippen LogP contribution is 2.49. The van der Waals surface area contributed by atoms with Crippen LogP contribution >= 0.6 is 18.4 Å². The van der Waals surface area contributed by atoms with Crippen LogP contribution in [0.15, 0.2) is 23.1 Å². The standard InChI is InChI=1S/C9H8NO4PS/c1-14-9(12)5-2-3-6-7(4-5)16(15-13)10-8(6)11/h2-4,16H,1H3,(H,10,11). The average Bonchev–Trinajstić information content (AvgIpc) is 2.64. The largest absolute Gasteiger partial charge is 0.465 e. The van der Waals surface area contributed by atoms with Crippen molar-refractivity contribution in [2.24, 2.45) is 0 Å². The number of esters is 1. The lowest BCUT2D eigenvalue weighted by molar-refractivity contribution is 0.0600. The second-order valence-electron chi connectivity index (χ2n) is 3.06. The Labute approximate surface area is 95.6 Å². The van der Waals surface area contributed by atoms with E-state index in [1.54, 1.807) is 12.1 Å². The van der Waals surface area contributed by atoms with Crippen molar-refractivity contribution in [1.82, 2.24) is 4.72 Å². The van der Waals surface area contributed by atoms with Crippen LogP contribution in [-0.2, 0) is 9.30 Å². The minimum absolute atomic E-state index is 0.138. The lowest BCUT2D eigenvalue weighted by Gasteiger charge is -2.06. The summed E-state index contributed by atoms with van der Waals surface area (Å²) in [5.74, 6) is -0.722. The van der Waals surface area contributed by atoms with E-state index in [2.05, 4.69) is 9.46 Å². The molecule has 0 spiro atoms. The monoisotopic (exact) mass is 257 g/mol. The number of amides is 1. The Morgan fingerprint density at radius 2 is 2.25 bits per heavy atom. The van der Waals surface area contributed by atoms with E-state index in [9.17, 15) is 14.2 Å².